The van der Waals surface area contributed by atoms with E-state index in [2.05, 4.69) is 26.1 Å². The van der Waals surface area contributed by atoms with Crippen LogP contribution in [-0.4, -0.2) is 16.1 Å². The number of hydrogen-bond acceptors (Lipinski definition) is 6. The maximum Gasteiger partial charge on any atom is 0.267 e. The molecule has 1 atom stereocenters. The Kier molecular flexibility index (Phi) is 7.62. The molecule has 2 heterocycles. The first-order chi connectivity index (χ1) is 20.1. The molecule has 1 aliphatic rings. The number of furan rings is 1. The van der Waals surface area contributed by atoms with Gasteiger partial charge in [0.15, 0.2) is 0 Å². The van der Waals surface area contributed by atoms with Crippen molar-refractivity contribution in [2.24, 2.45) is 0 Å². The Morgan fingerprint density at radius 1 is 0.902 bits per heavy atom. The fourth-order valence-electron chi connectivity index (χ4n) is 5.30. The largest absolute Gasteiger partial charge is 0.472 e. The van der Waals surface area contributed by atoms with Crippen molar-refractivity contribution < 1.29 is 9.21 Å². The zero-order valence-electron chi connectivity index (χ0n) is 22.5. The van der Waals surface area contributed by atoms with E-state index in [1.165, 1.54) is 0 Å². The Morgan fingerprint density at radius 3 is 2.49 bits per heavy atom. The molecular weight excluding hydrogens is 514 g/mol. The van der Waals surface area contributed by atoms with E-state index >= 15 is 0 Å². The zero-order valence-corrected chi connectivity index (χ0v) is 22.5. The summed E-state index contributed by atoms with van der Waals surface area (Å²) in [6, 6.07) is 27.1. The highest BCUT2D eigenvalue weighted by molar-refractivity contribution is 5.95. The summed E-state index contributed by atoms with van der Waals surface area (Å²) in [4.78, 5) is 25.8. The summed E-state index contributed by atoms with van der Waals surface area (Å²) in [5.41, 5.74) is 7.63. The van der Waals surface area contributed by atoms with Gasteiger partial charge in [-0.2, -0.15) is 5.10 Å². The highest BCUT2D eigenvalue weighted by Gasteiger charge is 2.20. The molecule has 0 bridgehead atoms. The van der Waals surface area contributed by atoms with Gasteiger partial charge in [0.05, 0.1) is 29.6 Å². The maximum atomic E-state index is 13.5. The van der Waals surface area contributed by atoms with E-state index in [1.807, 2.05) is 78.9 Å². The number of fused-ring (bicyclic) bond motifs is 1. The standard InChI is InChI=1S/C33H31N5O3/c39-32(23-10-8-9-22(19-23)20-30-26-13-4-5-14-27(26)33(40)38-37-30)36-31(24-17-18-41-21-24)35-29-16-7-6-15-28(29)34-25-11-2-1-3-12-25/h1-3,6-12,15-19,21,31,34-35H,4-5,13-14,20H2,(H,36,39)(H,38,40). The summed E-state index contributed by atoms with van der Waals surface area (Å²) >= 11 is 0. The van der Waals surface area contributed by atoms with E-state index in [1.54, 1.807) is 18.6 Å². The molecule has 3 aromatic carbocycles. The highest BCUT2D eigenvalue weighted by atomic mass is 16.3. The van der Waals surface area contributed by atoms with Crippen molar-refractivity contribution in [1.82, 2.24) is 15.5 Å². The molecule has 4 N–H and O–H groups in total. The topological polar surface area (TPSA) is 112 Å². The summed E-state index contributed by atoms with van der Waals surface area (Å²) < 4.78 is 5.35. The minimum Gasteiger partial charge on any atom is -0.472 e. The van der Waals surface area contributed by atoms with E-state index < -0.39 is 6.17 Å². The second-order valence-electron chi connectivity index (χ2n) is 10.2. The number of H-pyrrole nitrogens is 1. The molecule has 0 saturated carbocycles. The van der Waals surface area contributed by atoms with Crippen LogP contribution in [-0.2, 0) is 19.3 Å². The Morgan fingerprint density at radius 2 is 1.68 bits per heavy atom. The molecule has 206 valence electrons. The molecule has 8 heteroatoms. The van der Waals surface area contributed by atoms with Crippen LogP contribution in [0.15, 0.2) is 107 Å². The van der Waals surface area contributed by atoms with Crippen molar-refractivity contribution in [2.75, 3.05) is 10.6 Å². The van der Waals surface area contributed by atoms with Gasteiger partial charge in [-0.05, 0) is 79.3 Å². The average molecular weight is 546 g/mol. The third kappa shape index (κ3) is 6.06. The molecule has 0 aliphatic heterocycles. The van der Waals surface area contributed by atoms with Crippen LogP contribution in [0.25, 0.3) is 0 Å². The van der Waals surface area contributed by atoms with Crippen LogP contribution in [0.1, 0.15) is 57.3 Å². The SMILES string of the molecule is O=C(NC(Nc1ccccc1Nc1ccccc1)c1ccoc1)c1cccc(Cc2n[nH]c(=O)c3c2CCCC3)c1. The van der Waals surface area contributed by atoms with Crippen LogP contribution in [0.4, 0.5) is 17.1 Å². The first kappa shape index (κ1) is 26.1. The van der Waals surface area contributed by atoms with Gasteiger partial charge in [-0.15, -0.1) is 0 Å². The Labute approximate surface area is 237 Å². The minimum absolute atomic E-state index is 0.0880. The smallest absolute Gasteiger partial charge is 0.267 e. The van der Waals surface area contributed by atoms with Crippen LogP contribution < -0.4 is 21.5 Å². The summed E-state index contributed by atoms with van der Waals surface area (Å²) in [5, 5.41) is 17.1. The number of para-hydroxylation sites is 3. The van der Waals surface area contributed by atoms with Crippen molar-refractivity contribution in [3.05, 3.63) is 141 Å². The lowest BCUT2D eigenvalue weighted by Gasteiger charge is -2.23. The first-order valence-electron chi connectivity index (χ1n) is 13.8. The number of amides is 1. The van der Waals surface area contributed by atoms with E-state index in [-0.39, 0.29) is 11.5 Å². The third-order valence-electron chi connectivity index (χ3n) is 7.38. The molecule has 0 saturated heterocycles. The molecule has 0 fully saturated rings. The number of aromatic amines is 1. The van der Waals surface area contributed by atoms with Gasteiger partial charge in [0.25, 0.3) is 11.5 Å². The molecule has 0 spiro atoms. The number of carbonyl (C=O) groups is 1. The summed E-state index contributed by atoms with van der Waals surface area (Å²) in [7, 11) is 0. The predicted octanol–water partition coefficient (Wildman–Crippen LogP) is 6.12. The van der Waals surface area contributed by atoms with Crippen molar-refractivity contribution in [3.8, 4) is 0 Å². The zero-order chi connectivity index (χ0) is 28.0. The molecule has 6 rings (SSSR count). The second kappa shape index (κ2) is 12.0. The van der Waals surface area contributed by atoms with Gasteiger partial charge in [0.2, 0.25) is 0 Å². The summed E-state index contributed by atoms with van der Waals surface area (Å²) in [5.74, 6) is -0.226. The van der Waals surface area contributed by atoms with Crippen LogP contribution in [0.5, 0.6) is 0 Å². The van der Waals surface area contributed by atoms with Crippen LogP contribution in [0.3, 0.4) is 0 Å². The quantitative estimate of drug-likeness (QED) is 0.166. The van der Waals surface area contributed by atoms with Crippen molar-refractivity contribution >= 4 is 23.0 Å². The lowest BCUT2D eigenvalue weighted by Crippen LogP contribution is -2.33. The molecule has 1 amide bonds. The average Bonchev–Trinajstić information content (AvgIpc) is 3.55. The lowest BCUT2D eigenvalue weighted by atomic mass is 9.90. The van der Waals surface area contributed by atoms with Crippen molar-refractivity contribution in [3.63, 3.8) is 0 Å². The van der Waals surface area contributed by atoms with Gasteiger partial charge in [-0.25, -0.2) is 5.10 Å². The lowest BCUT2D eigenvalue weighted by molar-refractivity contribution is 0.0941. The van der Waals surface area contributed by atoms with Gasteiger partial charge in [0, 0.05) is 28.8 Å². The number of aromatic nitrogens is 2. The molecular formula is C33H31N5O3. The monoisotopic (exact) mass is 545 g/mol. The molecule has 8 nitrogen and oxygen atoms in total. The number of anilines is 3. The first-order valence-corrected chi connectivity index (χ1v) is 13.8. The normalized spacial score (nSPS) is 13.2. The van der Waals surface area contributed by atoms with Gasteiger partial charge < -0.3 is 20.4 Å². The van der Waals surface area contributed by atoms with Gasteiger partial charge in [-0.3, -0.25) is 9.59 Å². The van der Waals surface area contributed by atoms with E-state index in [9.17, 15) is 9.59 Å². The van der Waals surface area contributed by atoms with E-state index in [4.69, 9.17) is 4.42 Å². The number of rotatable bonds is 9. The van der Waals surface area contributed by atoms with Crippen molar-refractivity contribution in [2.45, 2.75) is 38.3 Å². The van der Waals surface area contributed by atoms with Crippen LogP contribution in [0.2, 0.25) is 0 Å². The van der Waals surface area contributed by atoms with E-state index in [0.29, 0.717) is 12.0 Å². The molecule has 5 aromatic rings. The molecule has 1 aliphatic carbocycles. The third-order valence-corrected chi connectivity index (χ3v) is 7.38. The fraction of sp³-hybridized carbons (Fsp3) is 0.182. The highest BCUT2D eigenvalue weighted by Crippen LogP contribution is 2.29. The summed E-state index contributed by atoms with van der Waals surface area (Å²) in [6.07, 6.45) is 6.93. The number of nitrogens with zero attached hydrogens (tertiary/aromatic N) is 1. The number of nitrogens with one attached hydrogen (secondary N) is 4. The Hall–Kier alpha value is -5.11. The molecule has 2 aromatic heterocycles. The van der Waals surface area contributed by atoms with Crippen molar-refractivity contribution in [1.29, 1.82) is 0 Å². The van der Waals surface area contributed by atoms with Crippen LogP contribution in [0, 0.1) is 0 Å². The fourth-order valence-corrected chi connectivity index (χ4v) is 5.30. The number of hydrogen-bond donors (Lipinski definition) is 4. The van der Waals surface area contributed by atoms with E-state index in [0.717, 1.165) is 70.7 Å². The Balaban J connectivity index is 1.22. The van der Waals surface area contributed by atoms with Gasteiger partial charge in [-0.1, -0.05) is 42.5 Å². The second-order valence-corrected chi connectivity index (χ2v) is 10.2. The Bertz CT molecular complexity index is 1700. The molecule has 41 heavy (non-hydrogen) atoms. The van der Waals surface area contributed by atoms with Gasteiger partial charge in [0.1, 0.15) is 6.17 Å². The molecule has 1 unspecified atom stereocenters. The van der Waals surface area contributed by atoms with Crippen LogP contribution >= 0.6 is 0 Å². The minimum atomic E-state index is -0.545. The molecule has 0 radical (unpaired) electrons. The maximum absolute atomic E-state index is 13.5. The predicted molar refractivity (Wildman–Crippen MR) is 159 cm³/mol. The number of carbonyl (C=O) groups excluding carboxylic acids is 1. The summed E-state index contributed by atoms with van der Waals surface area (Å²) in [6.45, 7) is 0. The van der Waals surface area contributed by atoms with Gasteiger partial charge >= 0.3 is 0 Å². The number of benzene rings is 3.